The summed E-state index contributed by atoms with van der Waals surface area (Å²) in [5.74, 6) is -0.0873. The number of aromatic nitrogens is 2. The van der Waals surface area contributed by atoms with Crippen molar-refractivity contribution in [3.63, 3.8) is 0 Å². The molecule has 0 bridgehead atoms. The number of thiophene rings is 1. The molecule has 6 heteroatoms. The lowest BCUT2D eigenvalue weighted by Crippen LogP contribution is -2.19. The maximum atomic E-state index is 12.0. The molecule has 2 N–H and O–H groups in total. The first-order chi connectivity index (χ1) is 11.7. The molecule has 1 atom stereocenters. The average Bonchev–Trinajstić information content (AvgIpc) is 3.26. The van der Waals surface area contributed by atoms with E-state index in [0.29, 0.717) is 6.04 Å². The van der Waals surface area contributed by atoms with Gasteiger partial charge in [-0.3, -0.25) is 9.48 Å². The second kappa shape index (κ2) is 7.90. The van der Waals surface area contributed by atoms with E-state index in [4.69, 9.17) is 0 Å². The first kappa shape index (κ1) is 16.4. The van der Waals surface area contributed by atoms with Crippen LogP contribution in [0.4, 0.5) is 5.69 Å². The van der Waals surface area contributed by atoms with E-state index < -0.39 is 0 Å². The highest BCUT2D eigenvalue weighted by molar-refractivity contribution is 7.10. The van der Waals surface area contributed by atoms with Gasteiger partial charge in [-0.1, -0.05) is 18.2 Å². The summed E-state index contributed by atoms with van der Waals surface area (Å²) in [6.07, 6.45) is 3.43. The van der Waals surface area contributed by atoms with Crippen molar-refractivity contribution >= 4 is 22.9 Å². The quantitative estimate of drug-likeness (QED) is 0.693. The van der Waals surface area contributed by atoms with Crippen LogP contribution in [0, 0.1) is 0 Å². The summed E-state index contributed by atoms with van der Waals surface area (Å²) in [6.45, 7) is 3.12. The molecule has 24 heavy (non-hydrogen) atoms. The molecule has 0 fully saturated rings. The predicted octanol–water partition coefficient (Wildman–Crippen LogP) is 3.43. The number of amides is 1. The molecule has 0 aliphatic rings. The van der Waals surface area contributed by atoms with Gasteiger partial charge in [0.25, 0.3) is 0 Å². The number of nitrogens with zero attached hydrogens (tertiary/aromatic N) is 2. The Morgan fingerprint density at radius 3 is 2.96 bits per heavy atom. The van der Waals surface area contributed by atoms with Crippen molar-refractivity contribution in [2.75, 3.05) is 5.32 Å². The molecule has 3 rings (SSSR count). The predicted molar refractivity (Wildman–Crippen MR) is 96.9 cm³/mol. The van der Waals surface area contributed by atoms with Gasteiger partial charge < -0.3 is 10.6 Å². The van der Waals surface area contributed by atoms with Gasteiger partial charge >= 0.3 is 0 Å². The number of carbonyl (C=O) groups excluding carboxylic acids is 1. The van der Waals surface area contributed by atoms with Crippen molar-refractivity contribution in [1.29, 1.82) is 0 Å². The fraction of sp³-hybridized carbons (Fsp3) is 0.222. The van der Waals surface area contributed by atoms with Crippen LogP contribution < -0.4 is 10.6 Å². The van der Waals surface area contributed by atoms with Gasteiger partial charge in [0, 0.05) is 35.5 Å². The fourth-order valence-electron chi connectivity index (χ4n) is 2.41. The molecule has 0 aliphatic heterocycles. The molecule has 0 spiro atoms. The van der Waals surface area contributed by atoms with Crippen molar-refractivity contribution < 1.29 is 4.79 Å². The lowest BCUT2D eigenvalue weighted by Gasteiger charge is -2.13. The molecular formula is C18H20N4OS. The number of anilines is 1. The molecule has 0 saturated carbocycles. The Morgan fingerprint density at radius 2 is 2.21 bits per heavy atom. The zero-order chi connectivity index (χ0) is 16.8. The van der Waals surface area contributed by atoms with Gasteiger partial charge in [0.2, 0.25) is 5.91 Å². The largest absolute Gasteiger partial charge is 0.324 e. The second-order valence-corrected chi connectivity index (χ2v) is 6.55. The van der Waals surface area contributed by atoms with Gasteiger partial charge in [0.05, 0.1) is 0 Å². The van der Waals surface area contributed by atoms with Gasteiger partial charge in [-0.2, -0.15) is 5.10 Å². The number of rotatable bonds is 7. The summed E-state index contributed by atoms with van der Waals surface area (Å²) in [6, 6.07) is 14.2. The van der Waals surface area contributed by atoms with E-state index in [0.717, 1.165) is 17.8 Å². The van der Waals surface area contributed by atoms with Gasteiger partial charge in [-0.15, -0.1) is 11.3 Å². The van der Waals surface area contributed by atoms with Crippen molar-refractivity contribution in [2.24, 2.45) is 0 Å². The first-order valence-electron chi connectivity index (χ1n) is 7.84. The van der Waals surface area contributed by atoms with E-state index >= 15 is 0 Å². The van der Waals surface area contributed by atoms with E-state index in [1.807, 2.05) is 18.2 Å². The highest BCUT2D eigenvalue weighted by atomic mass is 32.1. The maximum Gasteiger partial charge on any atom is 0.246 e. The van der Waals surface area contributed by atoms with Crippen LogP contribution in [0.5, 0.6) is 0 Å². The first-order valence-corrected chi connectivity index (χ1v) is 8.71. The van der Waals surface area contributed by atoms with Crippen molar-refractivity contribution in [2.45, 2.75) is 26.1 Å². The SMILES string of the molecule is C[C@@H](NCc1cccc(NC(=O)Cn2cccn2)c1)c1cccs1. The van der Waals surface area contributed by atoms with E-state index in [-0.39, 0.29) is 12.5 Å². The Hall–Kier alpha value is -2.44. The summed E-state index contributed by atoms with van der Waals surface area (Å²) in [4.78, 5) is 13.3. The zero-order valence-corrected chi connectivity index (χ0v) is 14.3. The number of hydrogen-bond acceptors (Lipinski definition) is 4. The van der Waals surface area contributed by atoms with Gasteiger partial charge in [0.1, 0.15) is 6.54 Å². The summed E-state index contributed by atoms with van der Waals surface area (Å²) in [5, 5.41) is 12.5. The van der Waals surface area contributed by atoms with Crippen LogP contribution in [-0.4, -0.2) is 15.7 Å². The summed E-state index contributed by atoms with van der Waals surface area (Å²) in [7, 11) is 0. The zero-order valence-electron chi connectivity index (χ0n) is 13.5. The number of nitrogens with one attached hydrogen (secondary N) is 2. The van der Waals surface area contributed by atoms with E-state index in [1.54, 1.807) is 34.5 Å². The van der Waals surface area contributed by atoms with Crippen LogP contribution in [-0.2, 0) is 17.9 Å². The maximum absolute atomic E-state index is 12.0. The molecule has 2 aromatic heterocycles. The van der Waals surface area contributed by atoms with Crippen molar-refractivity contribution in [3.05, 3.63) is 70.7 Å². The molecule has 0 unspecified atom stereocenters. The topological polar surface area (TPSA) is 58.9 Å². The Morgan fingerprint density at radius 1 is 1.29 bits per heavy atom. The Bertz CT molecular complexity index is 768. The minimum atomic E-state index is -0.0873. The Labute approximate surface area is 145 Å². The average molecular weight is 340 g/mol. The monoisotopic (exact) mass is 340 g/mol. The second-order valence-electron chi connectivity index (χ2n) is 5.57. The molecule has 124 valence electrons. The molecule has 5 nitrogen and oxygen atoms in total. The molecule has 1 aromatic carbocycles. The van der Waals surface area contributed by atoms with Crippen molar-refractivity contribution in [3.8, 4) is 0 Å². The molecule has 2 heterocycles. The highest BCUT2D eigenvalue weighted by Gasteiger charge is 2.07. The molecule has 0 radical (unpaired) electrons. The summed E-state index contributed by atoms with van der Waals surface area (Å²) in [5.41, 5.74) is 1.94. The Kier molecular flexibility index (Phi) is 5.40. The van der Waals surface area contributed by atoms with E-state index in [2.05, 4.69) is 46.2 Å². The molecule has 0 saturated heterocycles. The summed E-state index contributed by atoms with van der Waals surface area (Å²) >= 11 is 1.75. The lowest BCUT2D eigenvalue weighted by molar-refractivity contribution is -0.116. The third-order valence-corrected chi connectivity index (χ3v) is 4.71. The van der Waals surface area contributed by atoms with Gasteiger partial charge in [-0.05, 0) is 42.1 Å². The summed E-state index contributed by atoms with van der Waals surface area (Å²) < 4.78 is 1.60. The van der Waals surface area contributed by atoms with Crippen LogP contribution in [0.15, 0.2) is 60.2 Å². The number of hydrogen-bond donors (Lipinski definition) is 2. The third kappa shape index (κ3) is 4.53. The van der Waals surface area contributed by atoms with E-state index in [9.17, 15) is 4.79 Å². The van der Waals surface area contributed by atoms with E-state index in [1.165, 1.54) is 4.88 Å². The van der Waals surface area contributed by atoms with Crippen LogP contribution in [0.25, 0.3) is 0 Å². The smallest absolute Gasteiger partial charge is 0.246 e. The normalized spacial score (nSPS) is 12.0. The molecule has 3 aromatic rings. The minimum Gasteiger partial charge on any atom is -0.324 e. The van der Waals surface area contributed by atoms with Crippen LogP contribution in [0.3, 0.4) is 0 Å². The van der Waals surface area contributed by atoms with Gasteiger partial charge in [0.15, 0.2) is 0 Å². The molecule has 0 aliphatic carbocycles. The standard InChI is InChI=1S/C18H20N4OS/c1-14(17-7-3-10-24-17)19-12-15-5-2-6-16(11-15)21-18(23)13-22-9-4-8-20-22/h2-11,14,19H,12-13H2,1H3,(H,21,23)/t14-/m1/s1. The van der Waals surface area contributed by atoms with Crippen molar-refractivity contribution in [1.82, 2.24) is 15.1 Å². The number of benzene rings is 1. The van der Waals surface area contributed by atoms with Crippen LogP contribution in [0.1, 0.15) is 23.4 Å². The third-order valence-electron chi connectivity index (χ3n) is 3.66. The Balaban J connectivity index is 1.54. The van der Waals surface area contributed by atoms with Crippen LogP contribution in [0.2, 0.25) is 0 Å². The molecular weight excluding hydrogens is 320 g/mol. The number of carbonyl (C=O) groups is 1. The minimum absolute atomic E-state index is 0.0873. The van der Waals surface area contributed by atoms with Gasteiger partial charge in [-0.25, -0.2) is 0 Å². The highest BCUT2D eigenvalue weighted by Crippen LogP contribution is 2.19. The fourth-order valence-corrected chi connectivity index (χ4v) is 3.17. The lowest BCUT2D eigenvalue weighted by atomic mass is 10.2. The molecule has 1 amide bonds. The van der Waals surface area contributed by atoms with Crippen LogP contribution >= 0.6 is 11.3 Å².